The van der Waals surface area contributed by atoms with Crippen LogP contribution in [0.25, 0.3) is 11.1 Å². The number of pyridine rings is 2. The number of aromatic nitrogens is 2. The van der Waals surface area contributed by atoms with Gasteiger partial charge in [0.1, 0.15) is 0 Å². The Morgan fingerprint density at radius 3 is 2.74 bits per heavy atom. The standard InChI is InChI=1S/C22H21N3O2/c1-14-11-16(13-25(2)22(14)27)18-8-6-15-7-9-20(26)24-21(15)19(18)12-17-5-3-4-10-23-17/h3-6,8,10-11,13H,7,9,12H2,1-2H3,(H,24,26). The first-order valence-corrected chi connectivity index (χ1v) is 9.05. The lowest BCUT2D eigenvalue weighted by Gasteiger charge is -2.23. The normalized spacial score (nSPS) is 13.2. The van der Waals surface area contributed by atoms with E-state index >= 15 is 0 Å². The number of carbonyl (C=O) groups excluding carboxylic acids is 1. The van der Waals surface area contributed by atoms with Gasteiger partial charge < -0.3 is 9.88 Å². The number of hydrogen-bond acceptors (Lipinski definition) is 3. The zero-order chi connectivity index (χ0) is 19.0. The van der Waals surface area contributed by atoms with Crippen LogP contribution in [0.2, 0.25) is 0 Å². The number of benzene rings is 1. The highest BCUT2D eigenvalue weighted by Crippen LogP contribution is 2.36. The van der Waals surface area contributed by atoms with E-state index in [0.29, 0.717) is 18.4 Å². The van der Waals surface area contributed by atoms with Gasteiger partial charge in [-0.25, -0.2) is 0 Å². The van der Waals surface area contributed by atoms with Crippen LogP contribution >= 0.6 is 0 Å². The van der Waals surface area contributed by atoms with Gasteiger partial charge in [-0.15, -0.1) is 0 Å². The van der Waals surface area contributed by atoms with Crippen LogP contribution in [0.15, 0.2) is 53.6 Å². The van der Waals surface area contributed by atoms with Crippen molar-refractivity contribution in [1.29, 1.82) is 0 Å². The van der Waals surface area contributed by atoms with Crippen molar-refractivity contribution in [3.63, 3.8) is 0 Å². The van der Waals surface area contributed by atoms with Gasteiger partial charge >= 0.3 is 0 Å². The van der Waals surface area contributed by atoms with Crippen LogP contribution in [0, 0.1) is 6.92 Å². The number of nitrogens with zero attached hydrogens (tertiary/aromatic N) is 2. The first-order chi connectivity index (χ1) is 13.0. The minimum Gasteiger partial charge on any atom is -0.326 e. The van der Waals surface area contributed by atoms with Crippen molar-refractivity contribution >= 4 is 11.6 Å². The van der Waals surface area contributed by atoms with Crippen LogP contribution in [-0.2, 0) is 24.7 Å². The number of amides is 1. The number of fused-ring (bicyclic) bond motifs is 1. The van der Waals surface area contributed by atoms with Crippen LogP contribution in [0.1, 0.15) is 28.8 Å². The van der Waals surface area contributed by atoms with Gasteiger partial charge in [-0.2, -0.15) is 0 Å². The summed E-state index contributed by atoms with van der Waals surface area (Å²) in [6, 6.07) is 11.9. The summed E-state index contributed by atoms with van der Waals surface area (Å²) in [5.74, 6) is 0.0403. The van der Waals surface area contributed by atoms with Crippen molar-refractivity contribution < 1.29 is 4.79 Å². The maximum Gasteiger partial charge on any atom is 0.253 e. The van der Waals surface area contributed by atoms with E-state index in [0.717, 1.165) is 40.1 Å². The Balaban J connectivity index is 1.92. The maximum absolute atomic E-state index is 12.1. The van der Waals surface area contributed by atoms with Gasteiger partial charge in [0.15, 0.2) is 0 Å². The van der Waals surface area contributed by atoms with Crippen LogP contribution in [-0.4, -0.2) is 15.5 Å². The molecule has 0 radical (unpaired) electrons. The maximum atomic E-state index is 12.1. The summed E-state index contributed by atoms with van der Waals surface area (Å²) < 4.78 is 1.60. The van der Waals surface area contributed by atoms with Gasteiger partial charge in [0.2, 0.25) is 5.91 Å². The molecule has 0 aliphatic carbocycles. The van der Waals surface area contributed by atoms with E-state index in [9.17, 15) is 9.59 Å². The average Bonchev–Trinajstić information content (AvgIpc) is 2.67. The topological polar surface area (TPSA) is 64.0 Å². The Morgan fingerprint density at radius 1 is 1.15 bits per heavy atom. The van der Waals surface area contributed by atoms with Crippen molar-refractivity contribution in [3.8, 4) is 11.1 Å². The quantitative estimate of drug-likeness (QED) is 0.781. The first kappa shape index (κ1) is 17.2. The van der Waals surface area contributed by atoms with Crippen molar-refractivity contribution in [2.45, 2.75) is 26.2 Å². The molecule has 1 aromatic carbocycles. The molecule has 0 saturated heterocycles. The van der Waals surface area contributed by atoms with E-state index in [1.54, 1.807) is 17.8 Å². The third-order valence-electron chi connectivity index (χ3n) is 5.04. The highest BCUT2D eigenvalue weighted by molar-refractivity contribution is 5.96. The Labute approximate surface area is 157 Å². The van der Waals surface area contributed by atoms with Crippen molar-refractivity contribution in [2.75, 3.05) is 5.32 Å². The lowest BCUT2D eigenvalue weighted by atomic mass is 9.89. The van der Waals surface area contributed by atoms with Crippen LogP contribution in [0.4, 0.5) is 5.69 Å². The Hall–Kier alpha value is -3.21. The molecule has 27 heavy (non-hydrogen) atoms. The van der Waals surface area contributed by atoms with E-state index in [4.69, 9.17) is 0 Å². The molecule has 1 N–H and O–H groups in total. The molecule has 5 heteroatoms. The monoisotopic (exact) mass is 359 g/mol. The first-order valence-electron chi connectivity index (χ1n) is 9.05. The summed E-state index contributed by atoms with van der Waals surface area (Å²) in [5.41, 5.74) is 6.68. The molecular formula is C22H21N3O2. The highest BCUT2D eigenvalue weighted by atomic mass is 16.1. The SMILES string of the molecule is Cc1cc(-c2ccc3c(c2Cc2ccccn2)NC(=O)CC3)cn(C)c1=O. The van der Waals surface area contributed by atoms with Crippen LogP contribution in [0.3, 0.4) is 0 Å². The third-order valence-corrected chi connectivity index (χ3v) is 5.04. The van der Waals surface area contributed by atoms with Gasteiger partial charge in [-0.3, -0.25) is 14.6 Å². The van der Waals surface area contributed by atoms with E-state index in [-0.39, 0.29) is 11.5 Å². The fraction of sp³-hybridized carbons (Fsp3) is 0.227. The minimum atomic E-state index is -0.00344. The predicted molar refractivity (Wildman–Crippen MR) is 106 cm³/mol. The fourth-order valence-corrected chi connectivity index (χ4v) is 3.67. The molecule has 4 rings (SSSR count). The van der Waals surface area contributed by atoms with E-state index in [2.05, 4.69) is 22.4 Å². The van der Waals surface area contributed by atoms with Crippen LogP contribution < -0.4 is 10.9 Å². The third kappa shape index (κ3) is 3.28. The number of anilines is 1. The number of carbonyl (C=O) groups is 1. The molecule has 1 amide bonds. The Kier molecular flexibility index (Phi) is 4.36. The molecule has 0 atom stereocenters. The second-order valence-corrected chi connectivity index (χ2v) is 7.00. The molecule has 136 valence electrons. The Morgan fingerprint density at radius 2 is 2.00 bits per heavy atom. The smallest absolute Gasteiger partial charge is 0.253 e. The predicted octanol–water partition coefficient (Wildman–Crippen LogP) is 3.23. The Bertz CT molecular complexity index is 1060. The van der Waals surface area contributed by atoms with E-state index in [1.165, 1.54) is 0 Å². The minimum absolute atomic E-state index is 0.00344. The number of nitrogens with one attached hydrogen (secondary N) is 1. The molecule has 0 saturated carbocycles. The second-order valence-electron chi connectivity index (χ2n) is 7.00. The zero-order valence-electron chi connectivity index (χ0n) is 15.5. The van der Waals surface area contributed by atoms with Gasteiger partial charge in [0, 0.05) is 49.2 Å². The fourth-order valence-electron chi connectivity index (χ4n) is 3.67. The molecular weight excluding hydrogens is 338 g/mol. The molecule has 1 aliphatic rings. The van der Waals surface area contributed by atoms with Crippen molar-refractivity contribution in [2.24, 2.45) is 7.05 Å². The van der Waals surface area contributed by atoms with Crippen molar-refractivity contribution in [3.05, 3.63) is 81.5 Å². The molecule has 2 aromatic heterocycles. The summed E-state index contributed by atoms with van der Waals surface area (Å²) in [6.07, 6.45) is 5.49. The summed E-state index contributed by atoms with van der Waals surface area (Å²) >= 11 is 0. The van der Waals surface area contributed by atoms with Gasteiger partial charge in [0.05, 0.1) is 0 Å². The number of rotatable bonds is 3. The summed E-state index contributed by atoms with van der Waals surface area (Å²) in [5, 5.41) is 3.06. The van der Waals surface area contributed by atoms with Gasteiger partial charge in [0.25, 0.3) is 5.56 Å². The summed E-state index contributed by atoms with van der Waals surface area (Å²) in [4.78, 5) is 28.6. The lowest BCUT2D eigenvalue weighted by molar-refractivity contribution is -0.116. The molecule has 0 spiro atoms. The zero-order valence-corrected chi connectivity index (χ0v) is 15.5. The van der Waals surface area contributed by atoms with Crippen molar-refractivity contribution in [1.82, 2.24) is 9.55 Å². The molecule has 3 heterocycles. The molecule has 0 bridgehead atoms. The molecule has 5 nitrogen and oxygen atoms in total. The number of aryl methyl sites for hydroxylation is 3. The average molecular weight is 359 g/mol. The van der Waals surface area contributed by atoms with Crippen LogP contribution in [0.5, 0.6) is 0 Å². The van der Waals surface area contributed by atoms with E-state index < -0.39 is 0 Å². The highest BCUT2D eigenvalue weighted by Gasteiger charge is 2.21. The molecule has 1 aliphatic heterocycles. The molecule has 0 unspecified atom stereocenters. The van der Waals surface area contributed by atoms with E-state index in [1.807, 2.05) is 37.4 Å². The molecule has 0 fully saturated rings. The second kappa shape index (κ2) is 6.83. The number of hydrogen-bond donors (Lipinski definition) is 1. The molecule has 3 aromatic rings. The summed E-state index contributed by atoms with van der Waals surface area (Å²) in [7, 11) is 1.76. The van der Waals surface area contributed by atoms with Gasteiger partial charge in [-0.1, -0.05) is 18.2 Å². The summed E-state index contributed by atoms with van der Waals surface area (Å²) in [6.45, 7) is 1.82. The largest absolute Gasteiger partial charge is 0.326 e. The lowest BCUT2D eigenvalue weighted by Crippen LogP contribution is -2.21. The van der Waals surface area contributed by atoms with Gasteiger partial charge in [-0.05, 0) is 53.8 Å².